The lowest BCUT2D eigenvalue weighted by atomic mass is 9.89. The molecule has 1 aromatic carbocycles. The first-order chi connectivity index (χ1) is 10.9. The number of aliphatic carboxylic acids is 1. The monoisotopic (exact) mass is 329 g/mol. The molecule has 1 aromatic rings. The predicted molar refractivity (Wildman–Crippen MR) is 76.2 cm³/mol. The van der Waals surface area contributed by atoms with Crippen molar-refractivity contribution >= 4 is 5.97 Å². The first-order valence-electron chi connectivity index (χ1n) is 7.65. The highest BCUT2D eigenvalue weighted by molar-refractivity contribution is 5.71. The standard InChI is InChI=1S/C16H18F3NO3/c17-16(18,19)12-3-1-2-4-14(12)23-8-7-20-10-5-6-13(20)11(9-10)15(21)22/h1-4,10-11,13H,5-9H2,(H,21,22). The molecule has 1 N–H and O–H groups in total. The molecule has 126 valence electrons. The van der Waals surface area contributed by atoms with Crippen LogP contribution in [0.5, 0.6) is 5.75 Å². The highest BCUT2D eigenvalue weighted by atomic mass is 19.4. The van der Waals surface area contributed by atoms with E-state index in [9.17, 15) is 23.1 Å². The predicted octanol–water partition coefficient (Wildman–Crippen LogP) is 3.02. The van der Waals surface area contributed by atoms with Crippen LogP contribution in [0.1, 0.15) is 24.8 Å². The van der Waals surface area contributed by atoms with Crippen molar-refractivity contribution in [3.63, 3.8) is 0 Å². The number of fused-ring (bicyclic) bond motifs is 2. The van der Waals surface area contributed by atoms with Crippen LogP contribution in [0, 0.1) is 5.92 Å². The fraction of sp³-hybridized carbons (Fsp3) is 0.562. The Hall–Kier alpha value is -1.76. The number of para-hydroxylation sites is 1. The number of hydrogen-bond donors (Lipinski definition) is 1. The number of rotatable bonds is 5. The number of carbonyl (C=O) groups is 1. The van der Waals surface area contributed by atoms with Crippen LogP contribution in [0.3, 0.4) is 0 Å². The lowest BCUT2D eigenvalue weighted by Crippen LogP contribution is -2.35. The summed E-state index contributed by atoms with van der Waals surface area (Å²) in [6.07, 6.45) is -2.04. The molecular weight excluding hydrogens is 311 g/mol. The van der Waals surface area contributed by atoms with Crippen molar-refractivity contribution in [3.05, 3.63) is 29.8 Å². The van der Waals surface area contributed by atoms with Crippen molar-refractivity contribution in [1.29, 1.82) is 0 Å². The molecule has 0 aromatic heterocycles. The maximum atomic E-state index is 12.9. The van der Waals surface area contributed by atoms with E-state index in [4.69, 9.17) is 4.74 Å². The fourth-order valence-electron chi connectivity index (χ4n) is 3.80. The number of hydrogen-bond acceptors (Lipinski definition) is 3. The minimum absolute atomic E-state index is 0.0149. The van der Waals surface area contributed by atoms with Gasteiger partial charge in [-0.25, -0.2) is 0 Å². The van der Waals surface area contributed by atoms with E-state index in [0.29, 0.717) is 13.0 Å². The van der Waals surface area contributed by atoms with Gasteiger partial charge in [-0.2, -0.15) is 13.2 Å². The highest BCUT2D eigenvalue weighted by Crippen LogP contribution is 2.41. The number of benzene rings is 1. The highest BCUT2D eigenvalue weighted by Gasteiger charge is 2.48. The maximum Gasteiger partial charge on any atom is 0.419 e. The SMILES string of the molecule is O=C(O)C1CC2CCC1N2CCOc1ccccc1C(F)(F)F. The van der Waals surface area contributed by atoms with Gasteiger partial charge in [-0.05, 0) is 31.4 Å². The first-order valence-corrected chi connectivity index (χ1v) is 7.65. The quantitative estimate of drug-likeness (QED) is 0.902. The second-order valence-electron chi connectivity index (χ2n) is 6.06. The van der Waals surface area contributed by atoms with Gasteiger partial charge in [0.25, 0.3) is 0 Å². The molecule has 0 saturated carbocycles. The molecule has 0 amide bonds. The fourth-order valence-corrected chi connectivity index (χ4v) is 3.80. The molecule has 2 aliphatic rings. The van der Waals surface area contributed by atoms with E-state index in [-0.39, 0.29) is 30.4 Å². The molecule has 0 radical (unpaired) electrons. The minimum atomic E-state index is -4.45. The summed E-state index contributed by atoms with van der Waals surface area (Å²) in [6, 6.07) is 5.33. The zero-order chi connectivity index (χ0) is 16.6. The second-order valence-corrected chi connectivity index (χ2v) is 6.06. The Kier molecular flexibility index (Phi) is 4.23. The second kappa shape index (κ2) is 6.03. The molecule has 0 aliphatic carbocycles. The van der Waals surface area contributed by atoms with Gasteiger partial charge in [0.15, 0.2) is 0 Å². The van der Waals surface area contributed by atoms with Gasteiger partial charge in [-0.1, -0.05) is 12.1 Å². The van der Waals surface area contributed by atoms with Crippen LogP contribution < -0.4 is 4.74 Å². The van der Waals surface area contributed by atoms with Crippen molar-refractivity contribution in [1.82, 2.24) is 4.90 Å². The van der Waals surface area contributed by atoms with E-state index in [2.05, 4.69) is 4.90 Å². The van der Waals surface area contributed by atoms with Crippen LogP contribution in [-0.4, -0.2) is 41.2 Å². The molecule has 7 heteroatoms. The van der Waals surface area contributed by atoms with Gasteiger partial charge in [-0.3, -0.25) is 9.69 Å². The van der Waals surface area contributed by atoms with Crippen LogP contribution in [0.15, 0.2) is 24.3 Å². The van der Waals surface area contributed by atoms with Gasteiger partial charge in [0.2, 0.25) is 0 Å². The Balaban J connectivity index is 1.60. The molecule has 2 fully saturated rings. The average Bonchev–Trinajstić information content (AvgIpc) is 3.04. The number of carboxylic acid groups (broad SMARTS) is 1. The number of ether oxygens (including phenoxy) is 1. The molecule has 3 rings (SSSR count). The molecule has 2 bridgehead atoms. The largest absolute Gasteiger partial charge is 0.492 e. The third-order valence-electron chi connectivity index (χ3n) is 4.80. The molecule has 3 atom stereocenters. The third-order valence-corrected chi connectivity index (χ3v) is 4.80. The van der Waals surface area contributed by atoms with Gasteiger partial charge in [0.1, 0.15) is 12.4 Å². The summed E-state index contributed by atoms with van der Waals surface area (Å²) in [5.41, 5.74) is -0.784. The third kappa shape index (κ3) is 3.15. The Morgan fingerprint density at radius 2 is 2.04 bits per heavy atom. The van der Waals surface area contributed by atoms with Crippen molar-refractivity contribution in [2.24, 2.45) is 5.92 Å². The van der Waals surface area contributed by atoms with E-state index in [0.717, 1.165) is 18.9 Å². The number of carboxylic acids is 1. The number of alkyl halides is 3. The Morgan fingerprint density at radius 1 is 1.30 bits per heavy atom. The summed E-state index contributed by atoms with van der Waals surface area (Å²) < 4.78 is 44.0. The summed E-state index contributed by atoms with van der Waals surface area (Å²) in [5.74, 6) is -1.33. The molecule has 0 spiro atoms. The van der Waals surface area contributed by atoms with Crippen molar-refractivity contribution in [2.45, 2.75) is 37.5 Å². The smallest absolute Gasteiger partial charge is 0.419 e. The molecule has 2 saturated heterocycles. The lowest BCUT2D eigenvalue weighted by Gasteiger charge is -2.23. The van der Waals surface area contributed by atoms with Crippen molar-refractivity contribution in [3.8, 4) is 5.75 Å². The molecule has 2 aliphatic heterocycles. The molecule has 4 nitrogen and oxygen atoms in total. The van der Waals surface area contributed by atoms with E-state index < -0.39 is 17.7 Å². The number of halogens is 3. The van der Waals surface area contributed by atoms with Crippen molar-refractivity contribution < 1.29 is 27.8 Å². The first kappa shape index (κ1) is 16.1. The summed E-state index contributed by atoms with van der Waals surface area (Å²) in [4.78, 5) is 13.3. The van der Waals surface area contributed by atoms with Crippen LogP contribution in [0.4, 0.5) is 13.2 Å². The summed E-state index contributed by atoms with van der Waals surface area (Å²) in [7, 11) is 0. The Morgan fingerprint density at radius 3 is 2.70 bits per heavy atom. The molecule has 3 unspecified atom stereocenters. The van der Waals surface area contributed by atoms with Crippen LogP contribution in [0.2, 0.25) is 0 Å². The normalized spacial score (nSPS) is 27.3. The van der Waals surface area contributed by atoms with E-state index in [1.807, 2.05) is 0 Å². The summed E-state index contributed by atoms with van der Waals surface area (Å²) in [5, 5.41) is 9.20. The lowest BCUT2D eigenvalue weighted by molar-refractivity contribution is -0.143. The molecular formula is C16H18F3NO3. The van der Waals surface area contributed by atoms with Crippen molar-refractivity contribution in [2.75, 3.05) is 13.2 Å². The Bertz CT molecular complexity index is 590. The molecule has 23 heavy (non-hydrogen) atoms. The Labute approximate surface area is 131 Å². The summed E-state index contributed by atoms with van der Waals surface area (Å²) >= 11 is 0. The van der Waals surface area contributed by atoms with Gasteiger partial charge >= 0.3 is 12.1 Å². The zero-order valence-electron chi connectivity index (χ0n) is 12.4. The minimum Gasteiger partial charge on any atom is -0.492 e. The van der Waals surface area contributed by atoms with Gasteiger partial charge < -0.3 is 9.84 Å². The van der Waals surface area contributed by atoms with E-state index >= 15 is 0 Å². The van der Waals surface area contributed by atoms with Crippen LogP contribution in [0.25, 0.3) is 0 Å². The van der Waals surface area contributed by atoms with Crippen LogP contribution >= 0.6 is 0 Å². The maximum absolute atomic E-state index is 12.9. The molecule has 2 heterocycles. The van der Waals surface area contributed by atoms with E-state index in [1.165, 1.54) is 18.2 Å². The van der Waals surface area contributed by atoms with Gasteiger partial charge in [-0.15, -0.1) is 0 Å². The topological polar surface area (TPSA) is 49.8 Å². The number of nitrogens with zero attached hydrogens (tertiary/aromatic N) is 1. The van der Waals surface area contributed by atoms with E-state index in [1.54, 1.807) is 0 Å². The summed E-state index contributed by atoms with van der Waals surface area (Å²) in [6.45, 7) is 0.567. The zero-order valence-corrected chi connectivity index (χ0v) is 12.4. The van der Waals surface area contributed by atoms with Gasteiger partial charge in [0.05, 0.1) is 11.5 Å². The van der Waals surface area contributed by atoms with Gasteiger partial charge in [0, 0.05) is 18.6 Å². The van der Waals surface area contributed by atoms with Crippen LogP contribution in [-0.2, 0) is 11.0 Å². The average molecular weight is 329 g/mol.